The Morgan fingerprint density at radius 2 is 1.74 bits per heavy atom. The van der Waals surface area contributed by atoms with Crippen LogP contribution in [0.15, 0.2) is 71.5 Å². The summed E-state index contributed by atoms with van der Waals surface area (Å²) in [6.07, 6.45) is -3.10. The first-order valence-electron chi connectivity index (χ1n) is 8.97. The van der Waals surface area contributed by atoms with Gasteiger partial charge in [-0.1, -0.05) is 52.6 Å². The molecule has 0 radical (unpaired) electrons. The maximum absolute atomic E-state index is 13.7. The molecule has 0 amide bonds. The van der Waals surface area contributed by atoms with E-state index < -0.39 is 17.8 Å². The van der Waals surface area contributed by atoms with E-state index in [-0.39, 0.29) is 27.6 Å². The fourth-order valence-corrected chi connectivity index (χ4v) is 3.75. The van der Waals surface area contributed by atoms with Crippen LogP contribution in [0.1, 0.15) is 22.8 Å². The van der Waals surface area contributed by atoms with Crippen molar-refractivity contribution < 1.29 is 22.8 Å². The molecule has 2 aromatic carbocycles. The molecule has 1 N–H and O–H groups in total. The first-order valence-corrected chi connectivity index (χ1v) is 9.72. The number of aliphatic hydroxyl groups is 1. The molecule has 0 aliphatic rings. The van der Waals surface area contributed by atoms with Crippen LogP contribution in [-0.2, 0) is 6.18 Å². The number of hydrogen-bond acceptors (Lipinski definition) is 4. The third kappa shape index (κ3) is 4.17. The van der Waals surface area contributed by atoms with E-state index in [4.69, 9.17) is 27.7 Å². The molecular weight excluding hydrogens is 452 g/mol. The molecule has 0 bridgehead atoms. The van der Waals surface area contributed by atoms with E-state index in [1.54, 1.807) is 24.3 Å². The van der Waals surface area contributed by atoms with Gasteiger partial charge in [-0.05, 0) is 30.3 Å². The predicted octanol–water partition coefficient (Wildman–Crippen LogP) is 6.81. The number of aromatic nitrogens is 2. The summed E-state index contributed by atoms with van der Waals surface area (Å²) in [4.78, 5) is 3.97. The van der Waals surface area contributed by atoms with Gasteiger partial charge in [-0.2, -0.15) is 13.2 Å². The van der Waals surface area contributed by atoms with Crippen LogP contribution in [-0.4, -0.2) is 15.2 Å². The number of halogens is 5. The van der Waals surface area contributed by atoms with Gasteiger partial charge in [-0.3, -0.25) is 4.98 Å². The molecular formula is C22H13Cl2F3N2O2. The van der Waals surface area contributed by atoms with Crippen LogP contribution in [0.2, 0.25) is 10.0 Å². The van der Waals surface area contributed by atoms with E-state index in [1.807, 2.05) is 0 Å². The second-order valence-corrected chi connectivity index (χ2v) is 7.47. The standard InChI is InChI=1S/C22H13Cl2F3N2O2/c23-13-7-8-15(17(24)10-13)19-18(20(30)12-4-3-9-28-11-12)21(31-29-19)14-5-1-2-6-16(14)22(25,26)27/h1-11,20,30H. The second kappa shape index (κ2) is 8.34. The fourth-order valence-electron chi connectivity index (χ4n) is 3.25. The van der Waals surface area contributed by atoms with E-state index >= 15 is 0 Å². The van der Waals surface area contributed by atoms with Gasteiger partial charge in [0.05, 0.1) is 16.1 Å². The number of alkyl halides is 3. The van der Waals surface area contributed by atoms with Gasteiger partial charge in [0.25, 0.3) is 0 Å². The number of aliphatic hydroxyl groups excluding tert-OH is 1. The van der Waals surface area contributed by atoms with Crippen molar-refractivity contribution >= 4 is 23.2 Å². The summed E-state index contributed by atoms with van der Waals surface area (Å²) < 4.78 is 46.4. The van der Waals surface area contributed by atoms with Crippen molar-refractivity contribution in [2.75, 3.05) is 0 Å². The number of nitrogens with zero attached hydrogens (tertiary/aromatic N) is 2. The van der Waals surface area contributed by atoms with Gasteiger partial charge >= 0.3 is 6.18 Å². The minimum Gasteiger partial charge on any atom is -0.383 e. The van der Waals surface area contributed by atoms with Gasteiger partial charge < -0.3 is 9.63 Å². The average molecular weight is 465 g/mol. The molecule has 158 valence electrons. The topological polar surface area (TPSA) is 59.2 Å². The van der Waals surface area contributed by atoms with Crippen molar-refractivity contribution in [3.8, 4) is 22.6 Å². The summed E-state index contributed by atoms with van der Waals surface area (Å²) in [6, 6.07) is 12.7. The number of rotatable bonds is 4. The highest BCUT2D eigenvalue weighted by Crippen LogP contribution is 2.44. The molecule has 4 aromatic rings. The van der Waals surface area contributed by atoms with E-state index in [0.717, 1.165) is 6.07 Å². The Morgan fingerprint density at radius 1 is 0.968 bits per heavy atom. The van der Waals surface area contributed by atoms with Gasteiger partial charge in [0.2, 0.25) is 0 Å². The molecule has 1 atom stereocenters. The number of hydrogen-bond donors (Lipinski definition) is 1. The molecule has 31 heavy (non-hydrogen) atoms. The number of pyridine rings is 1. The molecule has 0 aliphatic heterocycles. The zero-order valence-corrected chi connectivity index (χ0v) is 17.1. The Balaban J connectivity index is 1.99. The molecule has 9 heteroatoms. The summed E-state index contributed by atoms with van der Waals surface area (Å²) in [5.41, 5.74) is -0.332. The second-order valence-electron chi connectivity index (χ2n) is 6.63. The lowest BCUT2D eigenvalue weighted by molar-refractivity contribution is -0.137. The SMILES string of the molecule is OC(c1cccnc1)c1c(-c2ccc(Cl)cc2Cl)noc1-c1ccccc1C(F)(F)F. The van der Waals surface area contributed by atoms with E-state index in [1.165, 1.54) is 36.7 Å². The Morgan fingerprint density at radius 3 is 2.42 bits per heavy atom. The van der Waals surface area contributed by atoms with Crippen LogP contribution in [0.4, 0.5) is 13.2 Å². The molecule has 4 nitrogen and oxygen atoms in total. The monoisotopic (exact) mass is 464 g/mol. The van der Waals surface area contributed by atoms with Gasteiger partial charge in [0, 0.05) is 34.1 Å². The highest BCUT2D eigenvalue weighted by Gasteiger charge is 2.37. The third-order valence-corrected chi connectivity index (χ3v) is 5.21. The third-order valence-electron chi connectivity index (χ3n) is 4.66. The molecule has 0 fully saturated rings. The summed E-state index contributed by atoms with van der Waals surface area (Å²) >= 11 is 12.3. The lowest BCUT2D eigenvalue weighted by Crippen LogP contribution is -2.08. The van der Waals surface area contributed by atoms with Crippen molar-refractivity contribution in [3.05, 3.63) is 93.7 Å². The van der Waals surface area contributed by atoms with Gasteiger partial charge in [-0.25, -0.2) is 0 Å². The molecule has 1 unspecified atom stereocenters. The Labute approximate surface area is 184 Å². The van der Waals surface area contributed by atoms with Gasteiger partial charge in [-0.15, -0.1) is 0 Å². The molecule has 0 saturated heterocycles. The van der Waals surface area contributed by atoms with Gasteiger partial charge in [0.15, 0.2) is 5.76 Å². The Bertz CT molecular complexity index is 1230. The first kappa shape index (κ1) is 21.4. The quantitative estimate of drug-likeness (QED) is 0.360. The molecule has 2 aromatic heterocycles. The van der Waals surface area contributed by atoms with Crippen molar-refractivity contribution in [2.24, 2.45) is 0 Å². The maximum Gasteiger partial charge on any atom is 0.417 e. The molecule has 0 saturated carbocycles. The average Bonchev–Trinajstić information content (AvgIpc) is 3.18. The van der Waals surface area contributed by atoms with E-state index in [9.17, 15) is 18.3 Å². The Hall–Kier alpha value is -2.87. The predicted molar refractivity (Wildman–Crippen MR) is 111 cm³/mol. The Kier molecular flexibility index (Phi) is 5.75. The van der Waals surface area contributed by atoms with Crippen molar-refractivity contribution in [2.45, 2.75) is 12.3 Å². The van der Waals surface area contributed by atoms with Crippen molar-refractivity contribution in [1.82, 2.24) is 10.1 Å². The summed E-state index contributed by atoms with van der Waals surface area (Å²) in [6.45, 7) is 0. The zero-order valence-electron chi connectivity index (χ0n) is 15.6. The molecule has 0 spiro atoms. The summed E-state index contributed by atoms with van der Waals surface area (Å²) in [5.74, 6) is -0.217. The van der Waals surface area contributed by atoms with Gasteiger partial charge in [0.1, 0.15) is 11.8 Å². The van der Waals surface area contributed by atoms with Crippen molar-refractivity contribution in [1.29, 1.82) is 0 Å². The highest BCUT2D eigenvalue weighted by molar-refractivity contribution is 6.36. The molecule has 0 aliphatic carbocycles. The lowest BCUT2D eigenvalue weighted by atomic mass is 9.93. The number of benzene rings is 2. The summed E-state index contributed by atoms with van der Waals surface area (Å²) in [7, 11) is 0. The van der Waals surface area contributed by atoms with Crippen LogP contribution in [0.5, 0.6) is 0 Å². The highest BCUT2D eigenvalue weighted by atomic mass is 35.5. The smallest absolute Gasteiger partial charge is 0.383 e. The molecule has 2 heterocycles. The van der Waals surface area contributed by atoms with Crippen LogP contribution >= 0.6 is 23.2 Å². The van der Waals surface area contributed by atoms with E-state index in [0.29, 0.717) is 16.1 Å². The van der Waals surface area contributed by atoms with Crippen LogP contribution in [0.25, 0.3) is 22.6 Å². The minimum atomic E-state index is -4.64. The maximum atomic E-state index is 13.7. The largest absolute Gasteiger partial charge is 0.417 e. The zero-order chi connectivity index (χ0) is 22.2. The van der Waals surface area contributed by atoms with Crippen LogP contribution < -0.4 is 0 Å². The van der Waals surface area contributed by atoms with Crippen LogP contribution in [0, 0.1) is 0 Å². The minimum absolute atomic E-state index is 0.0360. The van der Waals surface area contributed by atoms with E-state index in [2.05, 4.69) is 10.1 Å². The first-order chi connectivity index (χ1) is 14.8. The van der Waals surface area contributed by atoms with Crippen molar-refractivity contribution in [3.63, 3.8) is 0 Å². The molecule has 4 rings (SSSR count). The fraction of sp³-hybridized carbons (Fsp3) is 0.0909. The van der Waals surface area contributed by atoms with Crippen LogP contribution in [0.3, 0.4) is 0 Å². The lowest BCUT2D eigenvalue weighted by Gasteiger charge is -2.15. The normalized spacial score (nSPS) is 12.7. The summed E-state index contributed by atoms with van der Waals surface area (Å²) in [5, 5.41) is 15.7.